The number of hydrogen-bond donors (Lipinski definition) is 1. The average Bonchev–Trinajstić information content (AvgIpc) is 2.68. The number of amides is 2. The first-order valence-electron chi connectivity index (χ1n) is 8.55. The summed E-state index contributed by atoms with van der Waals surface area (Å²) in [5.41, 5.74) is 2.36. The Kier molecular flexibility index (Phi) is 4.85. The quantitative estimate of drug-likeness (QED) is 0.825. The second kappa shape index (κ2) is 7.29. The van der Waals surface area contributed by atoms with Crippen molar-refractivity contribution in [2.45, 2.75) is 12.6 Å². The molecule has 1 atom stereocenters. The monoisotopic (exact) mass is 405 g/mol. The van der Waals surface area contributed by atoms with Gasteiger partial charge in [-0.05, 0) is 17.7 Å². The molecule has 2 heterocycles. The van der Waals surface area contributed by atoms with Gasteiger partial charge in [0.25, 0.3) is 0 Å². The van der Waals surface area contributed by atoms with Gasteiger partial charge in [0.2, 0.25) is 5.91 Å². The maximum atomic E-state index is 12.5. The fraction of sp³-hybridized carbons (Fsp3) is 0.263. The molecular formula is C19H17Cl2N3O3. The van der Waals surface area contributed by atoms with Gasteiger partial charge in [0.1, 0.15) is 12.6 Å². The number of halogens is 2. The van der Waals surface area contributed by atoms with E-state index in [0.717, 1.165) is 11.3 Å². The molecule has 0 aliphatic carbocycles. The highest BCUT2D eigenvalue weighted by atomic mass is 35.5. The van der Waals surface area contributed by atoms with Crippen molar-refractivity contribution in [3.63, 3.8) is 0 Å². The van der Waals surface area contributed by atoms with E-state index in [0.29, 0.717) is 28.8 Å². The third-order valence-corrected chi connectivity index (χ3v) is 5.47. The number of piperazine rings is 1. The molecule has 2 aromatic carbocycles. The first-order valence-corrected chi connectivity index (χ1v) is 9.30. The molecule has 4 rings (SSSR count). The van der Waals surface area contributed by atoms with Crippen molar-refractivity contribution in [1.29, 1.82) is 0 Å². The summed E-state index contributed by atoms with van der Waals surface area (Å²) in [6.07, 6.45) is -0.425. The molecule has 8 heteroatoms. The molecule has 140 valence electrons. The summed E-state index contributed by atoms with van der Waals surface area (Å²) in [5, 5.41) is 3.65. The van der Waals surface area contributed by atoms with E-state index < -0.39 is 12.1 Å². The summed E-state index contributed by atoms with van der Waals surface area (Å²) >= 11 is 12.2. The Morgan fingerprint density at radius 3 is 2.67 bits per heavy atom. The topological polar surface area (TPSA) is 61.9 Å². The first kappa shape index (κ1) is 17.9. The number of benzene rings is 2. The minimum absolute atomic E-state index is 0.179. The zero-order chi connectivity index (χ0) is 19.0. The van der Waals surface area contributed by atoms with Gasteiger partial charge < -0.3 is 19.9 Å². The number of nitrogens with one attached hydrogen (secondary N) is 1. The van der Waals surface area contributed by atoms with Crippen LogP contribution in [-0.4, -0.2) is 42.6 Å². The maximum Gasteiger partial charge on any atom is 0.410 e. The van der Waals surface area contributed by atoms with Crippen LogP contribution in [0.4, 0.5) is 16.2 Å². The Morgan fingerprint density at radius 1 is 1.15 bits per heavy atom. The second-order valence-corrected chi connectivity index (χ2v) is 7.28. The van der Waals surface area contributed by atoms with Gasteiger partial charge in [-0.1, -0.05) is 53.5 Å². The van der Waals surface area contributed by atoms with Crippen LogP contribution in [0.25, 0.3) is 0 Å². The summed E-state index contributed by atoms with van der Waals surface area (Å²) in [4.78, 5) is 28.5. The number of hydrogen-bond acceptors (Lipinski definition) is 4. The molecule has 2 aliphatic heterocycles. The predicted octanol–water partition coefficient (Wildman–Crippen LogP) is 3.77. The Morgan fingerprint density at radius 2 is 1.89 bits per heavy atom. The molecule has 0 unspecified atom stereocenters. The zero-order valence-electron chi connectivity index (χ0n) is 14.3. The molecule has 0 radical (unpaired) electrons. The van der Waals surface area contributed by atoms with Crippen LogP contribution in [0.1, 0.15) is 5.56 Å². The van der Waals surface area contributed by atoms with E-state index in [1.807, 2.05) is 35.2 Å². The minimum atomic E-state index is -0.493. The molecule has 1 N–H and O–H groups in total. The third-order valence-electron chi connectivity index (χ3n) is 4.75. The van der Waals surface area contributed by atoms with Gasteiger partial charge in [0.15, 0.2) is 0 Å². The van der Waals surface area contributed by atoms with Crippen LogP contribution in [0.15, 0.2) is 42.5 Å². The lowest BCUT2D eigenvalue weighted by Crippen LogP contribution is -2.61. The minimum Gasteiger partial charge on any atom is -0.445 e. The van der Waals surface area contributed by atoms with E-state index in [4.69, 9.17) is 27.9 Å². The molecule has 6 nitrogen and oxygen atoms in total. The molecule has 1 fully saturated rings. The normalized spacial score (nSPS) is 18.4. The van der Waals surface area contributed by atoms with Gasteiger partial charge in [-0.3, -0.25) is 4.79 Å². The Bertz CT molecular complexity index is 891. The van der Waals surface area contributed by atoms with Crippen molar-refractivity contribution < 1.29 is 14.3 Å². The third kappa shape index (κ3) is 3.55. The molecule has 0 bridgehead atoms. The van der Waals surface area contributed by atoms with Crippen molar-refractivity contribution in [1.82, 2.24) is 4.90 Å². The summed E-state index contributed by atoms with van der Waals surface area (Å²) in [7, 11) is 0. The lowest BCUT2D eigenvalue weighted by molar-refractivity contribution is -0.118. The summed E-state index contributed by atoms with van der Waals surface area (Å²) in [6, 6.07) is 12.4. The SMILES string of the molecule is O=C1Nc2cc(Cl)c(Cl)cc2N2CCN(C(=O)OCc3ccccc3)C[C@H]12. The molecule has 0 aromatic heterocycles. The average molecular weight is 406 g/mol. The van der Waals surface area contributed by atoms with Crippen molar-refractivity contribution in [3.8, 4) is 0 Å². The molecule has 27 heavy (non-hydrogen) atoms. The molecule has 0 saturated carbocycles. The van der Waals surface area contributed by atoms with E-state index in [-0.39, 0.29) is 19.1 Å². The van der Waals surface area contributed by atoms with Crippen LogP contribution < -0.4 is 10.2 Å². The van der Waals surface area contributed by atoms with Gasteiger partial charge in [0.05, 0.1) is 28.0 Å². The Balaban J connectivity index is 1.46. The van der Waals surface area contributed by atoms with E-state index >= 15 is 0 Å². The lowest BCUT2D eigenvalue weighted by Gasteiger charge is -2.44. The fourth-order valence-corrected chi connectivity index (χ4v) is 3.68. The molecule has 0 spiro atoms. The highest BCUT2D eigenvalue weighted by molar-refractivity contribution is 6.42. The largest absolute Gasteiger partial charge is 0.445 e. The molecule has 1 saturated heterocycles. The molecular weight excluding hydrogens is 389 g/mol. The highest BCUT2D eigenvalue weighted by Crippen LogP contribution is 2.39. The highest BCUT2D eigenvalue weighted by Gasteiger charge is 2.39. The van der Waals surface area contributed by atoms with Crippen molar-refractivity contribution in [2.24, 2.45) is 0 Å². The van der Waals surface area contributed by atoms with E-state index in [9.17, 15) is 9.59 Å². The fourth-order valence-electron chi connectivity index (χ4n) is 3.36. The van der Waals surface area contributed by atoms with Crippen LogP contribution in [0.5, 0.6) is 0 Å². The van der Waals surface area contributed by atoms with Crippen LogP contribution >= 0.6 is 23.2 Å². The zero-order valence-corrected chi connectivity index (χ0v) is 15.8. The van der Waals surface area contributed by atoms with Crippen LogP contribution in [0, 0.1) is 0 Å². The molecule has 2 aromatic rings. The Labute approximate surface area is 166 Å². The second-order valence-electron chi connectivity index (χ2n) is 6.47. The van der Waals surface area contributed by atoms with Crippen molar-refractivity contribution in [3.05, 3.63) is 58.1 Å². The number of carbonyl (C=O) groups is 2. The molecule has 2 amide bonds. The molecule has 2 aliphatic rings. The van der Waals surface area contributed by atoms with E-state index in [2.05, 4.69) is 5.32 Å². The number of rotatable bonds is 2. The standard InChI is InChI=1S/C19H17Cl2N3O3/c20-13-8-15-16(9-14(13)21)24-7-6-23(10-17(24)18(25)22-15)19(26)27-11-12-4-2-1-3-5-12/h1-5,8-9,17H,6-7,10-11H2,(H,22,25)/t17-/m1/s1. The van der Waals surface area contributed by atoms with Gasteiger partial charge in [-0.15, -0.1) is 0 Å². The Hall–Kier alpha value is -2.44. The number of ether oxygens (including phenoxy) is 1. The number of carbonyl (C=O) groups excluding carboxylic acids is 2. The van der Waals surface area contributed by atoms with Gasteiger partial charge in [-0.2, -0.15) is 0 Å². The van der Waals surface area contributed by atoms with Crippen molar-refractivity contribution >= 4 is 46.6 Å². The van der Waals surface area contributed by atoms with Crippen LogP contribution in [0.2, 0.25) is 10.0 Å². The number of fused-ring (bicyclic) bond motifs is 3. The van der Waals surface area contributed by atoms with E-state index in [1.54, 1.807) is 17.0 Å². The summed E-state index contributed by atoms with van der Waals surface area (Å²) in [6.45, 7) is 1.41. The van der Waals surface area contributed by atoms with Crippen molar-refractivity contribution in [2.75, 3.05) is 29.9 Å². The van der Waals surface area contributed by atoms with Crippen LogP contribution in [-0.2, 0) is 16.1 Å². The predicted molar refractivity (Wildman–Crippen MR) is 104 cm³/mol. The maximum absolute atomic E-state index is 12.5. The number of nitrogens with zero attached hydrogens (tertiary/aromatic N) is 2. The lowest BCUT2D eigenvalue weighted by atomic mass is 10.1. The van der Waals surface area contributed by atoms with Gasteiger partial charge in [-0.25, -0.2) is 4.79 Å². The first-order chi connectivity index (χ1) is 13.0. The van der Waals surface area contributed by atoms with Crippen LogP contribution in [0.3, 0.4) is 0 Å². The summed E-state index contributed by atoms with van der Waals surface area (Å²) < 4.78 is 5.39. The van der Waals surface area contributed by atoms with Gasteiger partial charge >= 0.3 is 6.09 Å². The summed E-state index contributed by atoms with van der Waals surface area (Å²) in [5.74, 6) is -0.179. The smallest absolute Gasteiger partial charge is 0.410 e. The van der Waals surface area contributed by atoms with Gasteiger partial charge in [0, 0.05) is 13.1 Å². The van der Waals surface area contributed by atoms with E-state index in [1.165, 1.54) is 0 Å². The number of anilines is 2.